The summed E-state index contributed by atoms with van der Waals surface area (Å²) in [5.41, 5.74) is 0. The van der Waals surface area contributed by atoms with E-state index in [4.69, 9.17) is 5.11 Å². The van der Waals surface area contributed by atoms with Crippen LogP contribution in [-0.4, -0.2) is 46.2 Å². The summed E-state index contributed by atoms with van der Waals surface area (Å²) in [7, 11) is -4.34. The summed E-state index contributed by atoms with van der Waals surface area (Å²) in [5, 5.41) is 7.99. The predicted octanol–water partition coefficient (Wildman–Crippen LogP) is -0.603. The molecule has 0 spiro atoms. The van der Waals surface area contributed by atoms with Gasteiger partial charge >= 0.3 is 5.97 Å². The molecule has 1 heterocycles. The largest absolute Gasteiger partial charge is 0.481 e. The Hall–Kier alpha value is -0.430. The van der Waals surface area contributed by atoms with Gasteiger partial charge in [0.15, 0.2) is 9.84 Å². The Balaban J connectivity index is 2.44. The molecule has 1 fully saturated rings. The average molecular weight is 240 g/mol. The fraction of sp³-hybridized carbons (Fsp3) is 0.857. The molecular formula is C7H12O5S2. The van der Waals surface area contributed by atoms with Gasteiger partial charge in [-0.15, -0.1) is 0 Å². The van der Waals surface area contributed by atoms with Crippen LogP contribution in [0.15, 0.2) is 0 Å². The highest BCUT2D eigenvalue weighted by Gasteiger charge is 2.31. The average Bonchev–Trinajstić information content (AvgIpc) is 2.41. The van der Waals surface area contributed by atoms with E-state index >= 15 is 0 Å². The minimum atomic E-state index is -3.02. The molecule has 82 valence electrons. The minimum Gasteiger partial charge on any atom is -0.481 e. The van der Waals surface area contributed by atoms with Crippen LogP contribution in [0, 0.1) is 0 Å². The van der Waals surface area contributed by atoms with E-state index in [1.807, 2.05) is 0 Å². The Kier molecular flexibility index (Phi) is 3.65. The van der Waals surface area contributed by atoms with Gasteiger partial charge < -0.3 is 5.11 Å². The van der Waals surface area contributed by atoms with Crippen LogP contribution in [0.2, 0.25) is 0 Å². The number of carboxylic acids is 1. The van der Waals surface area contributed by atoms with Gasteiger partial charge in [-0.2, -0.15) is 0 Å². The van der Waals surface area contributed by atoms with Crippen LogP contribution in [-0.2, 0) is 25.4 Å². The van der Waals surface area contributed by atoms with Gasteiger partial charge in [-0.1, -0.05) is 0 Å². The Bertz CT molecular complexity index is 345. The lowest BCUT2D eigenvalue weighted by Crippen LogP contribution is -2.20. The first kappa shape index (κ1) is 11.6. The smallest absolute Gasteiger partial charge is 0.304 e. The van der Waals surface area contributed by atoms with E-state index in [9.17, 15) is 17.4 Å². The van der Waals surface area contributed by atoms with Crippen LogP contribution in [0.4, 0.5) is 0 Å². The predicted molar refractivity (Wildman–Crippen MR) is 52.3 cm³/mol. The summed E-state index contributed by atoms with van der Waals surface area (Å²) in [6.45, 7) is 0. The quantitative estimate of drug-likeness (QED) is 0.708. The fourth-order valence-corrected chi connectivity index (χ4v) is 5.33. The molecule has 0 saturated carbocycles. The van der Waals surface area contributed by atoms with Crippen molar-refractivity contribution < 1.29 is 22.5 Å². The monoisotopic (exact) mass is 240 g/mol. The van der Waals surface area contributed by atoms with E-state index in [1.54, 1.807) is 0 Å². The van der Waals surface area contributed by atoms with Gasteiger partial charge in [0, 0.05) is 21.8 Å². The molecule has 0 aromatic rings. The van der Waals surface area contributed by atoms with Crippen LogP contribution in [0.5, 0.6) is 0 Å². The number of hydrogen-bond acceptors (Lipinski definition) is 4. The van der Waals surface area contributed by atoms with E-state index in [2.05, 4.69) is 0 Å². The van der Waals surface area contributed by atoms with Crippen molar-refractivity contribution in [2.24, 2.45) is 0 Å². The van der Waals surface area contributed by atoms with Crippen LogP contribution in [0.1, 0.15) is 12.8 Å². The Morgan fingerprint density at radius 2 is 2.14 bits per heavy atom. The maximum absolute atomic E-state index is 11.4. The Morgan fingerprint density at radius 1 is 1.50 bits per heavy atom. The highest BCUT2D eigenvalue weighted by molar-refractivity contribution is 7.94. The molecule has 0 amide bonds. The number of carboxylic acid groups (broad SMARTS) is 1. The second kappa shape index (κ2) is 4.39. The summed E-state index contributed by atoms with van der Waals surface area (Å²) < 4.78 is 33.5. The van der Waals surface area contributed by atoms with E-state index in [-0.39, 0.29) is 28.9 Å². The summed E-state index contributed by atoms with van der Waals surface area (Å²) in [6, 6.07) is 0. The molecule has 1 N–H and O–H groups in total. The molecule has 7 heteroatoms. The van der Waals surface area contributed by atoms with E-state index in [1.165, 1.54) is 0 Å². The van der Waals surface area contributed by atoms with Crippen LogP contribution in [0.25, 0.3) is 0 Å². The number of sulfone groups is 1. The summed E-state index contributed by atoms with van der Waals surface area (Å²) in [4.78, 5) is 10.2. The third-order valence-corrected chi connectivity index (χ3v) is 5.81. The summed E-state index contributed by atoms with van der Waals surface area (Å²) in [6.07, 6.45) is 0.234. The molecule has 2 unspecified atom stereocenters. The van der Waals surface area contributed by atoms with Crippen molar-refractivity contribution in [2.75, 3.05) is 17.3 Å². The van der Waals surface area contributed by atoms with Gasteiger partial charge in [0.05, 0.1) is 17.9 Å². The second-order valence-electron chi connectivity index (χ2n) is 3.25. The zero-order valence-electron chi connectivity index (χ0n) is 7.51. The van der Waals surface area contributed by atoms with E-state index in [0.717, 1.165) is 0 Å². The molecule has 0 aromatic heterocycles. The Labute approximate surface area is 84.9 Å². The van der Waals surface area contributed by atoms with Crippen molar-refractivity contribution in [3.63, 3.8) is 0 Å². The highest BCUT2D eigenvalue weighted by atomic mass is 32.2. The van der Waals surface area contributed by atoms with Gasteiger partial charge in [-0.3, -0.25) is 9.00 Å². The third kappa shape index (κ3) is 3.38. The van der Waals surface area contributed by atoms with Gasteiger partial charge in [0.2, 0.25) is 0 Å². The fourth-order valence-electron chi connectivity index (χ4n) is 1.32. The molecule has 0 bridgehead atoms. The first-order valence-electron chi connectivity index (χ1n) is 4.20. The lowest BCUT2D eigenvalue weighted by Gasteiger charge is -2.05. The highest BCUT2D eigenvalue weighted by Crippen LogP contribution is 2.17. The molecule has 2 atom stereocenters. The number of hydrogen-bond donors (Lipinski definition) is 1. The first-order valence-corrected chi connectivity index (χ1v) is 7.40. The lowest BCUT2D eigenvalue weighted by molar-refractivity contribution is -0.136. The number of aliphatic carboxylic acids is 1. The third-order valence-electron chi connectivity index (χ3n) is 2.08. The normalized spacial score (nSPS) is 27.3. The molecule has 14 heavy (non-hydrogen) atoms. The molecule has 0 radical (unpaired) electrons. The van der Waals surface area contributed by atoms with Crippen molar-refractivity contribution in [2.45, 2.75) is 18.1 Å². The Morgan fingerprint density at radius 3 is 2.57 bits per heavy atom. The van der Waals surface area contributed by atoms with Crippen molar-refractivity contribution in [3.8, 4) is 0 Å². The number of carbonyl (C=O) groups is 1. The van der Waals surface area contributed by atoms with Crippen molar-refractivity contribution in [1.82, 2.24) is 0 Å². The van der Waals surface area contributed by atoms with Gasteiger partial charge in [0.25, 0.3) is 0 Å². The van der Waals surface area contributed by atoms with Crippen molar-refractivity contribution in [1.29, 1.82) is 0 Å². The maximum Gasteiger partial charge on any atom is 0.304 e. The van der Waals surface area contributed by atoms with E-state index < -0.39 is 26.6 Å². The molecule has 0 aromatic carbocycles. The second-order valence-corrected chi connectivity index (χ2v) is 7.32. The molecule has 1 rings (SSSR count). The number of rotatable bonds is 4. The van der Waals surface area contributed by atoms with Gasteiger partial charge in [-0.05, 0) is 6.42 Å². The molecule has 1 saturated heterocycles. The summed E-state index contributed by atoms with van der Waals surface area (Å²) >= 11 is 0. The van der Waals surface area contributed by atoms with Crippen LogP contribution >= 0.6 is 0 Å². The molecule has 5 nitrogen and oxygen atoms in total. The topological polar surface area (TPSA) is 88.5 Å². The molecular weight excluding hydrogens is 228 g/mol. The summed E-state index contributed by atoms with van der Waals surface area (Å²) in [5.74, 6) is -0.926. The standard InChI is InChI=1S/C7H12O5S2/c8-7(9)1-3-13(10)6-2-4-14(11,12)5-6/h6H,1-5H2,(H,8,9). The van der Waals surface area contributed by atoms with Crippen LogP contribution < -0.4 is 0 Å². The van der Waals surface area contributed by atoms with Crippen molar-refractivity contribution >= 4 is 26.6 Å². The molecule has 0 aliphatic carbocycles. The lowest BCUT2D eigenvalue weighted by atomic mass is 10.4. The molecule has 1 aliphatic heterocycles. The SMILES string of the molecule is O=C(O)CCS(=O)C1CCS(=O)(=O)C1. The van der Waals surface area contributed by atoms with Gasteiger partial charge in [-0.25, -0.2) is 8.42 Å². The van der Waals surface area contributed by atoms with Crippen molar-refractivity contribution in [3.05, 3.63) is 0 Å². The molecule has 1 aliphatic rings. The van der Waals surface area contributed by atoms with E-state index in [0.29, 0.717) is 6.42 Å². The van der Waals surface area contributed by atoms with Crippen LogP contribution in [0.3, 0.4) is 0 Å². The first-order chi connectivity index (χ1) is 6.41. The maximum atomic E-state index is 11.4. The zero-order valence-corrected chi connectivity index (χ0v) is 9.14. The zero-order chi connectivity index (χ0) is 10.8. The minimum absolute atomic E-state index is 0.0511. The van der Waals surface area contributed by atoms with Gasteiger partial charge in [0.1, 0.15) is 0 Å².